The number of ether oxygens (including phenoxy) is 1. The molecule has 0 aromatic carbocycles. The highest BCUT2D eigenvalue weighted by molar-refractivity contribution is 7.89. The summed E-state index contributed by atoms with van der Waals surface area (Å²) in [5, 5.41) is 6.32. The van der Waals surface area contributed by atoms with E-state index in [9.17, 15) is 8.42 Å². The van der Waals surface area contributed by atoms with Crippen LogP contribution < -0.4 is 0 Å². The van der Waals surface area contributed by atoms with Crippen LogP contribution in [-0.4, -0.2) is 73.8 Å². The first-order valence-corrected chi connectivity index (χ1v) is 8.89. The van der Waals surface area contributed by atoms with E-state index in [0.29, 0.717) is 19.0 Å². The molecule has 0 spiro atoms. The molecule has 2 fully saturated rings. The smallest absolute Gasteiger partial charge is 0.246 e. The fourth-order valence-electron chi connectivity index (χ4n) is 3.07. The van der Waals surface area contributed by atoms with Gasteiger partial charge in [-0.25, -0.2) is 8.42 Å². The quantitative estimate of drug-likeness (QED) is 0.855. The first kappa shape index (κ1) is 15.0. The first-order valence-electron chi connectivity index (χ1n) is 7.45. The molecule has 21 heavy (non-hydrogen) atoms. The van der Waals surface area contributed by atoms with Crippen LogP contribution in [0.15, 0.2) is 17.3 Å². The molecule has 0 radical (unpaired) electrons. The lowest BCUT2D eigenvalue weighted by Crippen LogP contribution is -2.46. The zero-order chi connectivity index (χ0) is 14.7. The minimum atomic E-state index is -3.40. The number of morpholine rings is 1. The van der Waals surface area contributed by atoms with E-state index in [4.69, 9.17) is 4.74 Å². The van der Waals surface area contributed by atoms with Gasteiger partial charge in [-0.05, 0) is 18.8 Å². The molecule has 1 N–H and O–H groups in total. The number of H-pyrrole nitrogens is 1. The van der Waals surface area contributed by atoms with Gasteiger partial charge in [-0.1, -0.05) is 0 Å². The van der Waals surface area contributed by atoms with Crippen LogP contribution in [0.3, 0.4) is 0 Å². The summed E-state index contributed by atoms with van der Waals surface area (Å²) < 4.78 is 32.0. The summed E-state index contributed by atoms with van der Waals surface area (Å²) in [6, 6.07) is 0. The SMILES string of the molecule is O=S(=O)(c1cn[nH]c1)N1CCC[C@@H](CN2CCOCC2)C1. The van der Waals surface area contributed by atoms with Crippen LogP contribution in [-0.2, 0) is 14.8 Å². The Bertz CT molecular complexity index is 540. The Labute approximate surface area is 125 Å². The lowest BCUT2D eigenvalue weighted by molar-refractivity contribution is 0.0265. The molecule has 2 aliphatic heterocycles. The molecule has 1 atom stereocenters. The van der Waals surface area contributed by atoms with Gasteiger partial charge in [0, 0.05) is 38.9 Å². The Morgan fingerprint density at radius 1 is 1.33 bits per heavy atom. The van der Waals surface area contributed by atoms with Crippen molar-refractivity contribution in [2.45, 2.75) is 17.7 Å². The summed E-state index contributed by atoms with van der Waals surface area (Å²) >= 11 is 0. The van der Waals surface area contributed by atoms with Crippen molar-refractivity contribution >= 4 is 10.0 Å². The molecule has 2 saturated heterocycles. The molecule has 0 amide bonds. The second-order valence-electron chi connectivity index (χ2n) is 5.72. The van der Waals surface area contributed by atoms with Gasteiger partial charge in [0.1, 0.15) is 4.90 Å². The lowest BCUT2D eigenvalue weighted by atomic mass is 9.99. The highest BCUT2D eigenvalue weighted by atomic mass is 32.2. The van der Waals surface area contributed by atoms with Crippen molar-refractivity contribution in [3.05, 3.63) is 12.4 Å². The molecule has 2 aliphatic rings. The fraction of sp³-hybridized carbons (Fsp3) is 0.769. The van der Waals surface area contributed by atoms with Gasteiger partial charge in [0.2, 0.25) is 10.0 Å². The van der Waals surface area contributed by atoms with E-state index in [-0.39, 0.29) is 4.90 Å². The second kappa shape index (κ2) is 6.43. The Kier molecular flexibility index (Phi) is 4.58. The van der Waals surface area contributed by atoms with Crippen LogP contribution >= 0.6 is 0 Å². The number of piperidine rings is 1. The summed E-state index contributed by atoms with van der Waals surface area (Å²) in [6.45, 7) is 5.63. The Balaban J connectivity index is 1.63. The van der Waals surface area contributed by atoms with Gasteiger partial charge in [0.05, 0.1) is 19.4 Å². The second-order valence-corrected chi connectivity index (χ2v) is 7.66. The van der Waals surface area contributed by atoms with E-state index in [1.54, 1.807) is 4.31 Å². The Hall–Kier alpha value is -0.960. The summed E-state index contributed by atoms with van der Waals surface area (Å²) in [7, 11) is -3.40. The van der Waals surface area contributed by atoms with E-state index in [2.05, 4.69) is 15.1 Å². The molecule has 8 heteroatoms. The number of aromatic amines is 1. The minimum absolute atomic E-state index is 0.259. The van der Waals surface area contributed by atoms with Crippen molar-refractivity contribution in [1.82, 2.24) is 19.4 Å². The van der Waals surface area contributed by atoms with E-state index >= 15 is 0 Å². The number of nitrogens with one attached hydrogen (secondary N) is 1. The molecular formula is C13H22N4O3S. The van der Waals surface area contributed by atoms with Gasteiger partial charge in [-0.15, -0.1) is 0 Å². The predicted molar refractivity (Wildman–Crippen MR) is 77.3 cm³/mol. The first-order chi connectivity index (χ1) is 10.2. The van der Waals surface area contributed by atoms with Gasteiger partial charge >= 0.3 is 0 Å². The molecule has 0 bridgehead atoms. The molecule has 3 heterocycles. The van der Waals surface area contributed by atoms with Gasteiger partial charge in [-0.3, -0.25) is 10.00 Å². The van der Waals surface area contributed by atoms with E-state index < -0.39 is 10.0 Å². The van der Waals surface area contributed by atoms with Crippen molar-refractivity contribution in [3.63, 3.8) is 0 Å². The van der Waals surface area contributed by atoms with Crippen LogP contribution in [0.4, 0.5) is 0 Å². The molecule has 0 saturated carbocycles. The number of sulfonamides is 1. The van der Waals surface area contributed by atoms with Crippen LogP contribution in [0.5, 0.6) is 0 Å². The summed E-state index contributed by atoms with van der Waals surface area (Å²) in [4.78, 5) is 2.64. The molecule has 0 aliphatic carbocycles. The van der Waals surface area contributed by atoms with E-state index in [1.807, 2.05) is 0 Å². The van der Waals surface area contributed by atoms with Crippen LogP contribution in [0.2, 0.25) is 0 Å². The van der Waals surface area contributed by atoms with E-state index in [0.717, 1.165) is 45.7 Å². The van der Waals surface area contributed by atoms with Crippen LogP contribution in [0, 0.1) is 5.92 Å². The van der Waals surface area contributed by atoms with Crippen molar-refractivity contribution in [2.75, 3.05) is 45.9 Å². The summed E-state index contributed by atoms with van der Waals surface area (Å²) in [5.74, 6) is 0.401. The zero-order valence-electron chi connectivity index (χ0n) is 12.1. The maximum atomic E-state index is 12.5. The third kappa shape index (κ3) is 3.45. The van der Waals surface area contributed by atoms with Gasteiger partial charge in [-0.2, -0.15) is 9.40 Å². The van der Waals surface area contributed by atoms with Crippen molar-refractivity contribution in [3.8, 4) is 0 Å². The third-order valence-corrected chi connectivity index (χ3v) is 6.04. The molecular weight excluding hydrogens is 292 g/mol. The molecule has 1 aromatic heterocycles. The molecule has 0 unspecified atom stereocenters. The molecule has 3 rings (SSSR count). The normalized spacial score (nSPS) is 26.0. The number of nitrogens with zero attached hydrogens (tertiary/aromatic N) is 3. The number of aromatic nitrogens is 2. The molecule has 7 nitrogen and oxygen atoms in total. The third-order valence-electron chi connectivity index (χ3n) is 4.21. The maximum Gasteiger partial charge on any atom is 0.246 e. The highest BCUT2D eigenvalue weighted by Gasteiger charge is 2.31. The van der Waals surface area contributed by atoms with Crippen LogP contribution in [0.1, 0.15) is 12.8 Å². The zero-order valence-corrected chi connectivity index (χ0v) is 12.9. The van der Waals surface area contributed by atoms with Gasteiger partial charge in [0.25, 0.3) is 0 Å². The van der Waals surface area contributed by atoms with Crippen molar-refractivity contribution in [1.29, 1.82) is 0 Å². The number of hydrogen-bond donors (Lipinski definition) is 1. The minimum Gasteiger partial charge on any atom is -0.379 e. The number of rotatable bonds is 4. The largest absolute Gasteiger partial charge is 0.379 e. The van der Waals surface area contributed by atoms with Gasteiger partial charge in [0.15, 0.2) is 0 Å². The molecule has 118 valence electrons. The molecule has 1 aromatic rings. The van der Waals surface area contributed by atoms with Crippen molar-refractivity contribution < 1.29 is 13.2 Å². The fourth-order valence-corrected chi connectivity index (χ4v) is 4.53. The maximum absolute atomic E-state index is 12.5. The Morgan fingerprint density at radius 2 is 2.14 bits per heavy atom. The lowest BCUT2D eigenvalue weighted by Gasteiger charge is -2.36. The average Bonchev–Trinajstić information content (AvgIpc) is 3.04. The predicted octanol–water partition coefficient (Wildman–Crippen LogP) is 0.143. The van der Waals surface area contributed by atoms with Crippen LogP contribution in [0.25, 0.3) is 0 Å². The summed E-state index contributed by atoms with van der Waals surface area (Å²) in [5.41, 5.74) is 0. The van der Waals surface area contributed by atoms with E-state index in [1.165, 1.54) is 12.4 Å². The topological polar surface area (TPSA) is 78.5 Å². The highest BCUT2D eigenvalue weighted by Crippen LogP contribution is 2.24. The van der Waals surface area contributed by atoms with Gasteiger partial charge < -0.3 is 4.74 Å². The average molecular weight is 314 g/mol. The van der Waals surface area contributed by atoms with Crippen molar-refractivity contribution in [2.24, 2.45) is 5.92 Å². The summed E-state index contributed by atoms with van der Waals surface area (Å²) in [6.07, 6.45) is 4.84. The number of hydrogen-bond acceptors (Lipinski definition) is 5. The monoisotopic (exact) mass is 314 g/mol. The standard InChI is InChI=1S/C13H22N4O3S/c18-21(19,13-8-14-15-9-13)17-3-1-2-12(11-17)10-16-4-6-20-7-5-16/h8-9,12H,1-7,10-11H2,(H,14,15)/t12-/m0/s1. The Morgan fingerprint density at radius 3 is 2.86 bits per heavy atom.